The average molecular weight is 358 g/mol. The topological polar surface area (TPSA) is 64.1 Å². The van der Waals surface area contributed by atoms with Crippen LogP contribution in [0.25, 0.3) is 0 Å². The van der Waals surface area contributed by atoms with Gasteiger partial charge in [-0.05, 0) is 44.4 Å². The van der Waals surface area contributed by atoms with E-state index >= 15 is 0 Å². The molecule has 0 heterocycles. The minimum absolute atomic E-state index is 0.341. The van der Waals surface area contributed by atoms with Crippen molar-refractivity contribution in [3.63, 3.8) is 0 Å². The molecule has 6 nitrogen and oxygen atoms in total. The lowest BCUT2D eigenvalue weighted by Crippen LogP contribution is -2.39. The van der Waals surface area contributed by atoms with Crippen molar-refractivity contribution in [2.24, 2.45) is 10.4 Å². The van der Waals surface area contributed by atoms with Crippen LogP contribution in [0.3, 0.4) is 0 Å². The summed E-state index contributed by atoms with van der Waals surface area (Å²) in [6.07, 6.45) is 8.44. The minimum Gasteiger partial charge on any atom is -0.385 e. The second-order valence-electron chi connectivity index (χ2n) is 6.88. The van der Waals surface area contributed by atoms with Crippen LogP contribution in [-0.4, -0.2) is 66.2 Å². The average Bonchev–Trinajstić information content (AvgIpc) is 3.09. The predicted molar refractivity (Wildman–Crippen MR) is 103 cm³/mol. The van der Waals surface area contributed by atoms with Gasteiger partial charge in [0.15, 0.2) is 5.96 Å². The molecular formula is C19H39N3O3. The first-order valence-electron chi connectivity index (χ1n) is 9.84. The van der Waals surface area contributed by atoms with Gasteiger partial charge in [0.25, 0.3) is 0 Å². The molecule has 25 heavy (non-hydrogen) atoms. The Morgan fingerprint density at radius 1 is 0.960 bits per heavy atom. The predicted octanol–water partition coefficient (Wildman–Crippen LogP) is 2.58. The van der Waals surface area contributed by atoms with Crippen LogP contribution in [0.5, 0.6) is 0 Å². The summed E-state index contributed by atoms with van der Waals surface area (Å²) < 4.78 is 15.8. The highest BCUT2D eigenvalue weighted by Crippen LogP contribution is 2.41. The van der Waals surface area contributed by atoms with Gasteiger partial charge in [0.1, 0.15) is 0 Å². The molecule has 6 heteroatoms. The van der Waals surface area contributed by atoms with E-state index in [0.29, 0.717) is 18.6 Å². The third-order valence-corrected chi connectivity index (χ3v) is 4.86. The van der Waals surface area contributed by atoms with Gasteiger partial charge in [-0.25, -0.2) is 0 Å². The summed E-state index contributed by atoms with van der Waals surface area (Å²) in [5.41, 5.74) is 0.341. The van der Waals surface area contributed by atoms with Crippen LogP contribution in [0.1, 0.15) is 51.9 Å². The Bertz CT molecular complexity index is 345. The molecule has 0 atom stereocenters. The fraction of sp³-hybridized carbons (Fsp3) is 0.947. The van der Waals surface area contributed by atoms with Crippen molar-refractivity contribution in [2.45, 2.75) is 51.9 Å². The van der Waals surface area contributed by atoms with Crippen LogP contribution in [0, 0.1) is 5.41 Å². The summed E-state index contributed by atoms with van der Waals surface area (Å²) in [7, 11) is 3.48. The van der Waals surface area contributed by atoms with Crippen LogP contribution < -0.4 is 10.6 Å². The second kappa shape index (κ2) is 14.3. The van der Waals surface area contributed by atoms with Gasteiger partial charge in [-0.1, -0.05) is 12.8 Å². The van der Waals surface area contributed by atoms with Gasteiger partial charge in [0.05, 0.1) is 13.2 Å². The molecule has 0 aromatic heterocycles. The number of rotatable bonds is 14. The van der Waals surface area contributed by atoms with Crippen LogP contribution >= 0.6 is 0 Å². The molecule has 1 rings (SSSR count). The Morgan fingerprint density at radius 3 is 2.40 bits per heavy atom. The molecule has 0 aliphatic heterocycles. The van der Waals surface area contributed by atoms with Gasteiger partial charge < -0.3 is 24.8 Å². The Balaban J connectivity index is 2.30. The maximum absolute atomic E-state index is 5.48. The highest BCUT2D eigenvalue weighted by molar-refractivity contribution is 5.79. The Kier molecular flexibility index (Phi) is 12.7. The van der Waals surface area contributed by atoms with E-state index in [-0.39, 0.29) is 0 Å². The standard InChI is InChI=1S/C19H39N3O3/c1-4-20-18(21-12-7-8-13-25-16-15-24-3)22-17-19(11-14-23-2)9-5-6-10-19/h4-17H2,1-3H3,(H2,20,21,22). The third kappa shape index (κ3) is 10.0. The number of hydrogen-bond donors (Lipinski definition) is 2. The van der Waals surface area contributed by atoms with E-state index in [9.17, 15) is 0 Å². The summed E-state index contributed by atoms with van der Waals surface area (Å²) >= 11 is 0. The van der Waals surface area contributed by atoms with E-state index in [1.807, 2.05) is 0 Å². The highest BCUT2D eigenvalue weighted by atomic mass is 16.5. The van der Waals surface area contributed by atoms with Crippen molar-refractivity contribution in [1.29, 1.82) is 0 Å². The van der Waals surface area contributed by atoms with Crippen LogP contribution in [0.15, 0.2) is 4.99 Å². The molecule has 0 unspecified atom stereocenters. The van der Waals surface area contributed by atoms with E-state index in [0.717, 1.165) is 58.1 Å². The molecule has 1 fully saturated rings. The van der Waals surface area contributed by atoms with Crippen molar-refractivity contribution in [3.05, 3.63) is 0 Å². The third-order valence-electron chi connectivity index (χ3n) is 4.86. The summed E-state index contributed by atoms with van der Waals surface area (Å²) in [5, 5.41) is 6.81. The molecule has 0 aromatic carbocycles. The van der Waals surface area contributed by atoms with Gasteiger partial charge in [-0.3, -0.25) is 4.99 Å². The summed E-state index contributed by atoms with van der Waals surface area (Å²) in [4.78, 5) is 4.87. The zero-order valence-electron chi connectivity index (χ0n) is 16.6. The Labute approximate surface area is 154 Å². The number of guanidine groups is 1. The first kappa shape index (κ1) is 22.2. The van der Waals surface area contributed by atoms with Gasteiger partial charge >= 0.3 is 0 Å². The molecule has 0 saturated heterocycles. The largest absolute Gasteiger partial charge is 0.385 e. The smallest absolute Gasteiger partial charge is 0.191 e. The monoisotopic (exact) mass is 357 g/mol. The number of ether oxygens (including phenoxy) is 3. The van der Waals surface area contributed by atoms with Crippen molar-refractivity contribution in [1.82, 2.24) is 10.6 Å². The second-order valence-corrected chi connectivity index (χ2v) is 6.88. The number of unbranched alkanes of at least 4 members (excludes halogenated alkanes) is 1. The summed E-state index contributed by atoms with van der Waals surface area (Å²) in [6.45, 7) is 7.78. The number of nitrogens with zero attached hydrogens (tertiary/aromatic N) is 1. The lowest BCUT2D eigenvalue weighted by molar-refractivity contribution is 0.0689. The Hall–Kier alpha value is -0.850. The minimum atomic E-state index is 0.341. The van der Waals surface area contributed by atoms with Crippen LogP contribution in [0.2, 0.25) is 0 Å². The molecule has 0 amide bonds. The Morgan fingerprint density at radius 2 is 1.72 bits per heavy atom. The SMILES string of the molecule is CCNC(=NCC1(CCOC)CCCC1)NCCCCOCCOC. The van der Waals surface area contributed by atoms with Gasteiger partial charge in [0, 0.05) is 47.1 Å². The molecule has 0 aromatic rings. The number of methoxy groups -OCH3 is 2. The fourth-order valence-electron chi connectivity index (χ4n) is 3.30. The molecule has 1 aliphatic carbocycles. The number of hydrogen-bond acceptors (Lipinski definition) is 4. The maximum Gasteiger partial charge on any atom is 0.191 e. The van der Waals surface area contributed by atoms with E-state index in [4.69, 9.17) is 19.2 Å². The first-order chi connectivity index (χ1) is 12.3. The quantitative estimate of drug-likeness (QED) is 0.284. The zero-order valence-corrected chi connectivity index (χ0v) is 16.6. The van der Waals surface area contributed by atoms with E-state index in [1.165, 1.54) is 25.7 Å². The molecule has 0 radical (unpaired) electrons. The molecule has 0 bridgehead atoms. The van der Waals surface area contributed by atoms with Gasteiger partial charge in [-0.15, -0.1) is 0 Å². The molecule has 1 saturated carbocycles. The zero-order chi connectivity index (χ0) is 18.2. The van der Waals surface area contributed by atoms with Gasteiger partial charge in [0.2, 0.25) is 0 Å². The maximum atomic E-state index is 5.48. The lowest BCUT2D eigenvalue weighted by Gasteiger charge is -2.27. The molecule has 148 valence electrons. The highest BCUT2D eigenvalue weighted by Gasteiger charge is 2.33. The normalized spacial score (nSPS) is 17.0. The van der Waals surface area contributed by atoms with Crippen LogP contribution in [0.4, 0.5) is 0 Å². The fourth-order valence-corrected chi connectivity index (χ4v) is 3.30. The molecule has 0 spiro atoms. The van der Waals surface area contributed by atoms with Crippen molar-refractivity contribution < 1.29 is 14.2 Å². The first-order valence-corrected chi connectivity index (χ1v) is 9.84. The molecule has 2 N–H and O–H groups in total. The van der Waals surface area contributed by atoms with E-state index < -0.39 is 0 Å². The van der Waals surface area contributed by atoms with Crippen molar-refractivity contribution >= 4 is 5.96 Å². The van der Waals surface area contributed by atoms with Crippen molar-refractivity contribution in [3.8, 4) is 0 Å². The number of nitrogens with one attached hydrogen (secondary N) is 2. The van der Waals surface area contributed by atoms with Gasteiger partial charge in [-0.2, -0.15) is 0 Å². The van der Waals surface area contributed by atoms with Crippen molar-refractivity contribution in [2.75, 3.05) is 60.3 Å². The molecular weight excluding hydrogens is 318 g/mol. The molecule has 1 aliphatic rings. The number of aliphatic imine (C=N–C) groups is 1. The van der Waals surface area contributed by atoms with Crippen LogP contribution in [-0.2, 0) is 14.2 Å². The van der Waals surface area contributed by atoms with E-state index in [1.54, 1.807) is 14.2 Å². The summed E-state index contributed by atoms with van der Waals surface area (Å²) in [5.74, 6) is 0.937. The van der Waals surface area contributed by atoms with E-state index in [2.05, 4.69) is 17.6 Å². The lowest BCUT2D eigenvalue weighted by atomic mass is 9.83. The summed E-state index contributed by atoms with van der Waals surface area (Å²) in [6, 6.07) is 0.